The minimum absolute atomic E-state index is 0.0747. The van der Waals surface area contributed by atoms with Gasteiger partial charge in [-0.3, -0.25) is 5.41 Å². The van der Waals surface area contributed by atoms with Gasteiger partial charge in [-0.1, -0.05) is 23.7 Å². The number of hydrogen-bond donors (Lipinski definition) is 2. The van der Waals surface area contributed by atoms with Gasteiger partial charge in [0.1, 0.15) is 23.0 Å². The smallest absolute Gasteiger partial charge is 0.146 e. The molecule has 2 aromatic rings. The van der Waals surface area contributed by atoms with Crippen LogP contribution in [0.15, 0.2) is 42.6 Å². The first-order valence-electron chi connectivity index (χ1n) is 4.89. The van der Waals surface area contributed by atoms with Gasteiger partial charge in [-0.15, -0.1) is 0 Å². The molecule has 86 valence electrons. The summed E-state index contributed by atoms with van der Waals surface area (Å²) in [6.45, 7) is 0. The molecule has 0 bridgehead atoms. The normalized spacial score (nSPS) is 9.94. The van der Waals surface area contributed by atoms with Crippen LogP contribution in [0.4, 0.5) is 0 Å². The lowest BCUT2D eigenvalue weighted by Crippen LogP contribution is -2.12. The predicted molar refractivity (Wildman–Crippen MR) is 66.8 cm³/mol. The number of benzene rings is 1. The molecule has 0 fully saturated rings. The molecule has 5 heteroatoms. The van der Waals surface area contributed by atoms with Gasteiger partial charge in [-0.05, 0) is 24.3 Å². The van der Waals surface area contributed by atoms with Gasteiger partial charge in [-0.2, -0.15) is 0 Å². The standard InChI is InChI=1S/C12H10ClN3O/c13-9-3-1-2-4-11(9)17-8-5-6-10(12(14)15)16-7-8/h1-7H,(H3,14,15). The molecule has 0 aliphatic rings. The third-order valence-corrected chi connectivity index (χ3v) is 2.39. The van der Waals surface area contributed by atoms with E-state index >= 15 is 0 Å². The highest BCUT2D eigenvalue weighted by Crippen LogP contribution is 2.28. The van der Waals surface area contributed by atoms with Crippen LogP contribution in [-0.4, -0.2) is 10.8 Å². The Morgan fingerprint density at radius 1 is 1.24 bits per heavy atom. The summed E-state index contributed by atoms with van der Waals surface area (Å²) in [6, 6.07) is 10.5. The molecular formula is C12H10ClN3O. The van der Waals surface area contributed by atoms with E-state index in [1.165, 1.54) is 6.20 Å². The SMILES string of the molecule is N=C(N)c1ccc(Oc2ccccc2Cl)cn1. The third-order valence-electron chi connectivity index (χ3n) is 2.08. The van der Waals surface area contributed by atoms with Crippen LogP contribution < -0.4 is 10.5 Å². The monoisotopic (exact) mass is 247 g/mol. The van der Waals surface area contributed by atoms with Gasteiger partial charge >= 0.3 is 0 Å². The summed E-state index contributed by atoms with van der Waals surface area (Å²) in [5.41, 5.74) is 5.71. The summed E-state index contributed by atoms with van der Waals surface area (Å²) >= 11 is 5.96. The van der Waals surface area contributed by atoms with Crippen molar-refractivity contribution in [2.24, 2.45) is 5.73 Å². The molecule has 0 spiro atoms. The lowest BCUT2D eigenvalue weighted by molar-refractivity contribution is 0.480. The maximum Gasteiger partial charge on any atom is 0.146 e. The van der Waals surface area contributed by atoms with Crippen LogP contribution in [0.2, 0.25) is 5.02 Å². The Balaban J connectivity index is 2.20. The topological polar surface area (TPSA) is 72.0 Å². The van der Waals surface area contributed by atoms with Gasteiger partial charge in [0, 0.05) is 0 Å². The van der Waals surface area contributed by atoms with E-state index in [1.807, 2.05) is 12.1 Å². The Morgan fingerprint density at radius 3 is 2.59 bits per heavy atom. The Labute approximate surface area is 104 Å². The molecule has 0 saturated heterocycles. The van der Waals surface area contributed by atoms with Gasteiger partial charge in [0.25, 0.3) is 0 Å². The maximum atomic E-state index is 7.21. The number of nitrogens with one attached hydrogen (secondary N) is 1. The van der Waals surface area contributed by atoms with E-state index in [0.29, 0.717) is 22.2 Å². The first-order valence-corrected chi connectivity index (χ1v) is 5.27. The number of pyridine rings is 1. The highest BCUT2D eigenvalue weighted by molar-refractivity contribution is 6.32. The van der Waals surface area contributed by atoms with Crippen molar-refractivity contribution < 1.29 is 4.74 Å². The number of nitrogens with zero attached hydrogens (tertiary/aromatic N) is 1. The summed E-state index contributed by atoms with van der Waals surface area (Å²) < 4.78 is 5.54. The number of nitrogen functional groups attached to an aromatic ring is 1. The van der Waals surface area contributed by atoms with Crippen LogP contribution in [0.5, 0.6) is 11.5 Å². The van der Waals surface area contributed by atoms with Gasteiger partial charge < -0.3 is 10.5 Å². The van der Waals surface area contributed by atoms with Gasteiger partial charge in [0.05, 0.1) is 11.2 Å². The number of para-hydroxylation sites is 1. The van der Waals surface area contributed by atoms with Crippen molar-refractivity contribution in [1.82, 2.24) is 4.98 Å². The van der Waals surface area contributed by atoms with Crippen LogP contribution in [0.25, 0.3) is 0 Å². The van der Waals surface area contributed by atoms with Crippen LogP contribution in [0.3, 0.4) is 0 Å². The lowest BCUT2D eigenvalue weighted by Gasteiger charge is -2.07. The van der Waals surface area contributed by atoms with Crippen LogP contribution in [-0.2, 0) is 0 Å². The van der Waals surface area contributed by atoms with Crippen molar-refractivity contribution in [2.45, 2.75) is 0 Å². The molecule has 1 aromatic heterocycles. The average molecular weight is 248 g/mol. The van der Waals surface area contributed by atoms with Crippen LogP contribution in [0, 0.1) is 5.41 Å². The van der Waals surface area contributed by atoms with Crippen molar-refractivity contribution >= 4 is 17.4 Å². The summed E-state index contributed by atoms with van der Waals surface area (Å²) in [5.74, 6) is 1.03. The molecule has 0 atom stereocenters. The second kappa shape index (κ2) is 4.84. The molecule has 17 heavy (non-hydrogen) atoms. The van der Waals surface area contributed by atoms with Crippen LogP contribution >= 0.6 is 11.6 Å². The highest BCUT2D eigenvalue weighted by Gasteiger charge is 2.03. The number of hydrogen-bond acceptors (Lipinski definition) is 3. The molecule has 0 saturated carbocycles. The fraction of sp³-hybridized carbons (Fsp3) is 0. The zero-order chi connectivity index (χ0) is 12.3. The van der Waals surface area contributed by atoms with E-state index in [2.05, 4.69) is 4.98 Å². The second-order valence-electron chi connectivity index (χ2n) is 3.33. The molecule has 3 N–H and O–H groups in total. The molecule has 4 nitrogen and oxygen atoms in total. The molecule has 0 aliphatic carbocycles. The minimum Gasteiger partial charge on any atom is -0.454 e. The molecular weight excluding hydrogens is 238 g/mol. The number of amidine groups is 1. The summed E-state index contributed by atoms with van der Waals surface area (Å²) in [6.07, 6.45) is 1.50. The summed E-state index contributed by atoms with van der Waals surface area (Å²) in [4.78, 5) is 3.99. The Kier molecular flexibility index (Phi) is 3.25. The number of ether oxygens (including phenoxy) is 1. The molecule has 1 heterocycles. The zero-order valence-corrected chi connectivity index (χ0v) is 9.61. The molecule has 0 aliphatic heterocycles. The molecule has 0 radical (unpaired) electrons. The summed E-state index contributed by atoms with van der Waals surface area (Å²) in [5, 5.41) is 7.75. The van der Waals surface area contributed by atoms with E-state index in [1.54, 1.807) is 24.3 Å². The zero-order valence-electron chi connectivity index (χ0n) is 8.85. The van der Waals surface area contributed by atoms with E-state index in [-0.39, 0.29) is 5.84 Å². The van der Waals surface area contributed by atoms with Crippen LogP contribution in [0.1, 0.15) is 5.69 Å². The largest absolute Gasteiger partial charge is 0.454 e. The maximum absolute atomic E-state index is 7.21. The minimum atomic E-state index is -0.0747. The number of halogens is 1. The Morgan fingerprint density at radius 2 is 2.00 bits per heavy atom. The second-order valence-corrected chi connectivity index (χ2v) is 3.73. The van der Waals surface area contributed by atoms with Crippen molar-refractivity contribution in [3.05, 3.63) is 53.3 Å². The highest BCUT2D eigenvalue weighted by atomic mass is 35.5. The summed E-state index contributed by atoms with van der Waals surface area (Å²) in [7, 11) is 0. The Bertz CT molecular complexity index is 540. The van der Waals surface area contributed by atoms with Crippen molar-refractivity contribution in [3.8, 4) is 11.5 Å². The van der Waals surface area contributed by atoms with Crippen molar-refractivity contribution in [2.75, 3.05) is 0 Å². The predicted octanol–water partition coefficient (Wildman–Crippen LogP) is 2.81. The van der Waals surface area contributed by atoms with E-state index in [4.69, 9.17) is 27.5 Å². The molecule has 0 amide bonds. The first kappa shape index (κ1) is 11.4. The number of nitrogens with two attached hydrogens (primary N) is 1. The molecule has 2 rings (SSSR count). The van der Waals surface area contributed by atoms with E-state index in [0.717, 1.165) is 0 Å². The first-order chi connectivity index (χ1) is 8.16. The fourth-order valence-corrected chi connectivity index (χ4v) is 1.43. The van der Waals surface area contributed by atoms with Gasteiger partial charge in [0.2, 0.25) is 0 Å². The van der Waals surface area contributed by atoms with Gasteiger partial charge in [0.15, 0.2) is 0 Å². The van der Waals surface area contributed by atoms with E-state index < -0.39 is 0 Å². The van der Waals surface area contributed by atoms with E-state index in [9.17, 15) is 0 Å². The molecule has 0 unspecified atom stereocenters. The number of rotatable bonds is 3. The van der Waals surface area contributed by atoms with Crippen molar-refractivity contribution in [3.63, 3.8) is 0 Å². The molecule has 1 aromatic carbocycles. The van der Waals surface area contributed by atoms with Gasteiger partial charge in [-0.25, -0.2) is 4.98 Å². The quantitative estimate of drug-likeness (QED) is 0.647. The third kappa shape index (κ3) is 2.73. The van der Waals surface area contributed by atoms with Crippen molar-refractivity contribution in [1.29, 1.82) is 5.41 Å². The lowest BCUT2D eigenvalue weighted by atomic mass is 10.3. The number of aromatic nitrogens is 1. The average Bonchev–Trinajstić information content (AvgIpc) is 2.33. The fourth-order valence-electron chi connectivity index (χ4n) is 1.25. The Hall–Kier alpha value is -2.07.